The van der Waals surface area contributed by atoms with Crippen LogP contribution in [0.3, 0.4) is 0 Å². The van der Waals surface area contributed by atoms with Crippen molar-refractivity contribution in [1.82, 2.24) is 5.32 Å². The molecule has 1 rings (SSSR count). The fourth-order valence-electron chi connectivity index (χ4n) is 1.79. The summed E-state index contributed by atoms with van der Waals surface area (Å²) in [5.41, 5.74) is 3.55. The van der Waals surface area contributed by atoms with Crippen molar-refractivity contribution >= 4 is 21.8 Å². The molecule has 0 heterocycles. The molecular weight excluding hydrogens is 306 g/mol. The Labute approximate surface area is 123 Å². The SMILES string of the molecule is COCC(Br)CCNC(=O)Cc1ccc(C)c(C)c1. The van der Waals surface area contributed by atoms with Gasteiger partial charge in [0.25, 0.3) is 0 Å². The second kappa shape index (κ2) is 8.33. The Kier molecular flexibility index (Phi) is 7.10. The minimum atomic E-state index is 0.0698. The predicted octanol–water partition coefficient (Wildman–Crippen LogP) is 2.76. The van der Waals surface area contributed by atoms with E-state index in [0.29, 0.717) is 24.4 Å². The molecule has 0 aromatic heterocycles. The van der Waals surface area contributed by atoms with Crippen LogP contribution in [-0.4, -0.2) is 31.0 Å². The third kappa shape index (κ3) is 6.21. The van der Waals surface area contributed by atoms with Gasteiger partial charge in [-0.05, 0) is 37.0 Å². The molecule has 1 N–H and O–H groups in total. The maximum atomic E-state index is 11.8. The Morgan fingerprint density at radius 2 is 2.11 bits per heavy atom. The quantitative estimate of drug-likeness (QED) is 0.782. The summed E-state index contributed by atoms with van der Waals surface area (Å²) in [5, 5.41) is 2.93. The highest BCUT2D eigenvalue weighted by Crippen LogP contribution is 2.10. The molecule has 106 valence electrons. The summed E-state index contributed by atoms with van der Waals surface area (Å²) in [4.78, 5) is 12.1. The smallest absolute Gasteiger partial charge is 0.224 e. The predicted molar refractivity (Wildman–Crippen MR) is 81.8 cm³/mol. The van der Waals surface area contributed by atoms with Crippen LogP contribution >= 0.6 is 15.9 Å². The normalized spacial score (nSPS) is 12.2. The van der Waals surface area contributed by atoms with Crippen LogP contribution in [0.25, 0.3) is 0 Å². The van der Waals surface area contributed by atoms with Crippen LogP contribution in [0.5, 0.6) is 0 Å². The van der Waals surface area contributed by atoms with E-state index in [1.807, 2.05) is 6.07 Å². The van der Waals surface area contributed by atoms with Gasteiger partial charge in [0, 0.05) is 18.5 Å². The van der Waals surface area contributed by atoms with E-state index < -0.39 is 0 Å². The third-order valence-electron chi connectivity index (χ3n) is 3.06. The molecule has 0 saturated carbocycles. The highest BCUT2D eigenvalue weighted by atomic mass is 79.9. The maximum absolute atomic E-state index is 11.8. The first-order valence-electron chi connectivity index (χ1n) is 6.48. The molecule has 0 bridgehead atoms. The van der Waals surface area contributed by atoms with Gasteiger partial charge in [-0.25, -0.2) is 0 Å². The first-order valence-corrected chi connectivity index (χ1v) is 7.40. The summed E-state index contributed by atoms with van der Waals surface area (Å²) in [6.07, 6.45) is 1.31. The van der Waals surface area contributed by atoms with Crippen molar-refractivity contribution in [1.29, 1.82) is 0 Å². The molecule has 0 aliphatic carbocycles. The Morgan fingerprint density at radius 3 is 2.74 bits per heavy atom. The lowest BCUT2D eigenvalue weighted by Crippen LogP contribution is -2.28. The fourth-order valence-corrected chi connectivity index (χ4v) is 2.29. The number of aryl methyl sites for hydroxylation is 2. The number of benzene rings is 1. The second-order valence-electron chi connectivity index (χ2n) is 4.79. The number of nitrogens with one attached hydrogen (secondary N) is 1. The first-order chi connectivity index (χ1) is 9.02. The van der Waals surface area contributed by atoms with E-state index >= 15 is 0 Å². The van der Waals surface area contributed by atoms with Gasteiger partial charge < -0.3 is 10.1 Å². The van der Waals surface area contributed by atoms with Crippen molar-refractivity contribution in [3.8, 4) is 0 Å². The maximum Gasteiger partial charge on any atom is 0.224 e. The van der Waals surface area contributed by atoms with Crippen molar-refractivity contribution in [3.63, 3.8) is 0 Å². The molecule has 3 nitrogen and oxygen atoms in total. The van der Waals surface area contributed by atoms with Crippen LogP contribution in [-0.2, 0) is 16.0 Å². The molecule has 0 aliphatic heterocycles. The van der Waals surface area contributed by atoms with E-state index in [1.165, 1.54) is 11.1 Å². The molecule has 0 spiro atoms. The van der Waals surface area contributed by atoms with E-state index in [2.05, 4.69) is 47.2 Å². The van der Waals surface area contributed by atoms with Crippen molar-refractivity contribution in [3.05, 3.63) is 34.9 Å². The second-order valence-corrected chi connectivity index (χ2v) is 6.08. The number of halogens is 1. The Hall–Kier alpha value is -0.870. The molecule has 0 fully saturated rings. The van der Waals surface area contributed by atoms with Gasteiger partial charge in [0.15, 0.2) is 0 Å². The number of hydrogen-bond donors (Lipinski definition) is 1. The van der Waals surface area contributed by atoms with Crippen LogP contribution in [0, 0.1) is 13.8 Å². The molecule has 0 saturated heterocycles. The lowest BCUT2D eigenvalue weighted by Gasteiger charge is -2.10. The summed E-state index contributed by atoms with van der Waals surface area (Å²) >= 11 is 3.50. The molecule has 1 atom stereocenters. The van der Waals surface area contributed by atoms with Crippen LogP contribution in [0.2, 0.25) is 0 Å². The minimum absolute atomic E-state index is 0.0698. The van der Waals surface area contributed by atoms with E-state index in [4.69, 9.17) is 4.74 Å². The number of methoxy groups -OCH3 is 1. The van der Waals surface area contributed by atoms with E-state index in [9.17, 15) is 4.79 Å². The summed E-state index contributed by atoms with van der Waals surface area (Å²) in [6.45, 7) is 5.47. The van der Waals surface area contributed by atoms with Gasteiger partial charge in [-0.15, -0.1) is 0 Å². The average molecular weight is 328 g/mol. The molecule has 1 amide bonds. The van der Waals surface area contributed by atoms with Gasteiger partial charge >= 0.3 is 0 Å². The fraction of sp³-hybridized carbons (Fsp3) is 0.533. The monoisotopic (exact) mass is 327 g/mol. The molecule has 1 unspecified atom stereocenters. The molecular formula is C15H22BrNO2. The highest BCUT2D eigenvalue weighted by Gasteiger charge is 2.06. The van der Waals surface area contributed by atoms with Crippen molar-refractivity contribution in [2.24, 2.45) is 0 Å². The molecule has 1 aromatic carbocycles. The zero-order valence-electron chi connectivity index (χ0n) is 11.8. The highest BCUT2D eigenvalue weighted by molar-refractivity contribution is 9.09. The number of rotatable bonds is 7. The molecule has 19 heavy (non-hydrogen) atoms. The Balaban J connectivity index is 2.33. The average Bonchev–Trinajstić information content (AvgIpc) is 2.34. The summed E-state index contributed by atoms with van der Waals surface area (Å²) in [6, 6.07) is 6.15. The number of hydrogen-bond acceptors (Lipinski definition) is 2. The minimum Gasteiger partial charge on any atom is -0.384 e. The van der Waals surface area contributed by atoms with Gasteiger partial charge in [0.1, 0.15) is 0 Å². The Bertz CT molecular complexity index is 421. The third-order valence-corrected chi connectivity index (χ3v) is 3.79. The topological polar surface area (TPSA) is 38.3 Å². The van der Waals surface area contributed by atoms with Crippen molar-refractivity contribution < 1.29 is 9.53 Å². The van der Waals surface area contributed by atoms with Crippen LogP contribution < -0.4 is 5.32 Å². The lowest BCUT2D eigenvalue weighted by atomic mass is 10.0. The molecule has 0 radical (unpaired) electrons. The first kappa shape index (κ1) is 16.2. The van der Waals surface area contributed by atoms with Gasteiger partial charge in [0.2, 0.25) is 5.91 Å². The number of ether oxygens (including phenoxy) is 1. The number of alkyl halides is 1. The summed E-state index contributed by atoms with van der Waals surface area (Å²) < 4.78 is 5.02. The van der Waals surface area contributed by atoms with E-state index in [0.717, 1.165) is 12.0 Å². The lowest BCUT2D eigenvalue weighted by molar-refractivity contribution is -0.120. The zero-order chi connectivity index (χ0) is 14.3. The number of amides is 1. The van der Waals surface area contributed by atoms with Crippen molar-refractivity contribution in [2.75, 3.05) is 20.3 Å². The molecule has 4 heteroatoms. The Morgan fingerprint density at radius 1 is 1.37 bits per heavy atom. The van der Waals surface area contributed by atoms with Gasteiger partial charge in [-0.3, -0.25) is 4.79 Å². The largest absolute Gasteiger partial charge is 0.384 e. The zero-order valence-corrected chi connectivity index (χ0v) is 13.4. The summed E-state index contributed by atoms with van der Waals surface area (Å²) in [5.74, 6) is 0.0698. The van der Waals surface area contributed by atoms with Gasteiger partial charge in [-0.1, -0.05) is 34.1 Å². The number of carbonyl (C=O) groups is 1. The van der Waals surface area contributed by atoms with Gasteiger partial charge in [0.05, 0.1) is 13.0 Å². The van der Waals surface area contributed by atoms with Crippen LogP contribution in [0.4, 0.5) is 0 Å². The molecule has 1 aromatic rings. The number of carbonyl (C=O) groups excluding carboxylic acids is 1. The van der Waals surface area contributed by atoms with Crippen LogP contribution in [0.15, 0.2) is 18.2 Å². The summed E-state index contributed by atoms with van der Waals surface area (Å²) in [7, 11) is 1.67. The van der Waals surface area contributed by atoms with Crippen LogP contribution in [0.1, 0.15) is 23.1 Å². The van der Waals surface area contributed by atoms with Crippen molar-refractivity contribution in [2.45, 2.75) is 31.5 Å². The molecule has 0 aliphatic rings. The van der Waals surface area contributed by atoms with E-state index in [1.54, 1.807) is 7.11 Å². The standard InChI is InChI=1S/C15H22BrNO2/c1-11-4-5-13(8-12(11)2)9-15(18)17-7-6-14(16)10-19-3/h4-5,8,14H,6-7,9-10H2,1-3H3,(H,17,18). The van der Waals surface area contributed by atoms with E-state index in [-0.39, 0.29) is 5.91 Å². The van der Waals surface area contributed by atoms with Gasteiger partial charge in [-0.2, -0.15) is 0 Å².